The molecular weight excluding hydrogens is 344 g/mol. The first-order valence-corrected chi connectivity index (χ1v) is 8.57. The third-order valence-corrected chi connectivity index (χ3v) is 3.95. The van der Waals surface area contributed by atoms with Crippen molar-refractivity contribution in [2.24, 2.45) is 0 Å². The number of hydrogen-bond donors (Lipinski definition) is 1. The highest BCUT2D eigenvalue weighted by atomic mass is 16.5. The first-order valence-electron chi connectivity index (χ1n) is 8.57. The second-order valence-corrected chi connectivity index (χ2v) is 5.72. The number of pyridine rings is 1. The van der Waals surface area contributed by atoms with Gasteiger partial charge in [0.15, 0.2) is 5.76 Å². The normalized spacial score (nSPS) is 13.1. The minimum absolute atomic E-state index is 0.137. The molecule has 4 rings (SSSR count). The fourth-order valence-corrected chi connectivity index (χ4v) is 2.86. The van der Waals surface area contributed by atoms with Crippen molar-refractivity contribution in [1.29, 1.82) is 0 Å². The molecule has 3 aromatic rings. The Morgan fingerprint density at radius 2 is 2.11 bits per heavy atom. The van der Waals surface area contributed by atoms with Crippen molar-refractivity contribution < 1.29 is 13.9 Å². The summed E-state index contributed by atoms with van der Waals surface area (Å²) in [5.41, 5.74) is 8.73. The molecule has 1 aliphatic rings. The highest BCUT2D eigenvalue weighted by molar-refractivity contribution is 5.87. The largest absolute Gasteiger partial charge is 0.487 e. The lowest BCUT2D eigenvalue weighted by atomic mass is 9.99. The summed E-state index contributed by atoms with van der Waals surface area (Å²) in [4.78, 5) is 13.1. The monoisotopic (exact) mass is 362 g/mol. The topological polar surface area (TPSA) is 96.3 Å². The summed E-state index contributed by atoms with van der Waals surface area (Å²) in [6, 6.07) is 7.34. The minimum Gasteiger partial charge on any atom is -0.487 e. The van der Waals surface area contributed by atoms with Crippen molar-refractivity contribution >= 4 is 11.7 Å². The van der Waals surface area contributed by atoms with Crippen molar-refractivity contribution in [2.45, 2.75) is 6.92 Å². The standard InChI is InChI=1S/C20H18N4O3/c1-2-25-16-12-13(8-9-22-16)17-18(14-6-3-4-10-26-14)23-20(21)24-19(17)15-7-5-11-27-15/h3-9,11-12H,2,10H2,1H3,(H2,21,23,24). The SMILES string of the molecule is CCOc1cc(-c2c(C3=CC=CCO3)nc(N)nc2-c2ccco2)ccn1. The van der Waals surface area contributed by atoms with Crippen molar-refractivity contribution in [2.75, 3.05) is 18.9 Å². The summed E-state index contributed by atoms with van der Waals surface area (Å²) >= 11 is 0. The Kier molecular flexibility index (Phi) is 4.57. The maximum atomic E-state index is 6.00. The van der Waals surface area contributed by atoms with Gasteiger partial charge in [-0.2, -0.15) is 0 Å². The maximum absolute atomic E-state index is 6.00. The molecule has 0 amide bonds. The van der Waals surface area contributed by atoms with Crippen LogP contribution in [0.25, 0.3) is 28.3 Å². The van der Waals surface area contributed by atoms with Gasteiger partial charge in [-0.3, -0.25) is 0 Å². The van der Waals surface area contributed by atoms with Crippen LogP contribution in [-0.4, -0.2) is 28.2 Å². The Labute approximate surface area is 156 Å². The van der Waals surface area contributed by atoms with Crippen molar-refractivity contribution in [3.05, 3.63) is 60.6 Å². The van der Waals surface area contributed by atoms with Crippen LogP contribution in [0.5, 0.6) is 5.88 Å². The van der Waals surface area contributed by atoms with E-state index in [1.165, 1.54) is 0 Å². The smallest absolute Gasteiger partial charge is 0.221 e. The third kappa shape index (κ3) is 3.39. The zero-order valence-electron chi connectivity index (χ0n) is 14.8. The van der Waals surface area contributed by atoms with E-state index in [2.05, 4.69) is 15.0 Å². The summed E-state index contributed by atoms with van der Waals surface area (Å²) < 4.78 is 16.9. The second-order valence-electron chi connectivity index (χ2n) is 5.72. The van der Waals surface area contributed by atoms with Gasteiger partial charge in [-0.05, 0) is 42.8 Å². The van der Waals surface area contributed by atoms with Gasteiger partial charge in [0.2, 0.25) is 11.8 Å². The van der Waals surface area contributed by atoms with Gasteiger partial charge < -0.3 is 19.6 Å². The van der Waals surface area contributed by atoms with E-state index >= 15 is 0 Å². The van der Waals surface area contributed by atoms with E-state index in [1.54, 1.807) is 18.5 Å². The van der Waals surface area contributed by atoms with Crippen LogP contribution in [0, 0.1) is 0 Å². The number of allylic oxidation sites excluding steroid dienone is 2. The highest BCUT2D eigenvalue weighted by Gasteiger charge is 2.23. The van der Waals surface area contributed by atoms with Crippen LogP contribution >= 0.6 is 0 Å². The molecule has 0 saturated carbocycles. The van der Waals surface area contributed by atoms with E-state index in [9.17, 15) is 0 Å². The van der Waals surface area contributed by atoms with E-state index in [4.69, 9.17) is 19.6 Å². The van der Waals surface area contributed by atoms with Gasteiger partial charge in [0.1, 0.15) is 23.8 Å². The van der Waals surface area contributed by atoms with Gasteiger partial charge in [0.25, 0.3) is 0 Å². The Bertz CT molecular complexity index is 1010. The number of anilines is 1. The zero-order valence-corrected chi connectivity index (χ0v) is 14.8. The summed E-state index contributed by atoms with van der Waals surface area (Å²) in [7, 11) is 0. The Morgan fingerprint density at radius 3 is 2.85 bits per heavy atom. The Balaban J connectivity index is 1.98. The number of ether oxygens (including phenoxy) is 2. The predicted octanol–water partition coefficient (Wildman–Crippen LogP) is 3.71. The number of rotatable bonds is 5. The molecule has 136 valence electrons. The first-order chi connectivity index (χ1) is 13.3. The van der Waals surface area contributed by atoms with Gasteiger partial charge in [-0.25, -0.2) is 15.0 Å². The van der Waals surface area contributed by atoms with Gasteiger partial charge in [-0.1, -0.05) is 6.08 Å². The molecule has 0 aromatic carbocycles. The molecule has 0 unspecified atom stereocenters. The van der Waals surface area contributed by atoms with Gasteiger partial charge in [0.05, 0.1) is 12.9 Å². The maximum Gasteiger partial charge on any atom is 0.221 e. The summed E-state index contributed by atoms with van der Waals surface area (Å²) in [6.07, 6.45) is 8.97. The average molecular weight is 362 g/mol. The lowest BCUT2D eigenvalue weighted by Crippen LogP contribution is -2.07. The molecule has 0 saturated heterocycles. The molecule has 0 atom stereocenters. The van der Waals surface area contributed by atoms with E-state index in [0.717, 1.165) is 11.1 Å². The summed E-state index contributed by atoms with van der Waals surface area (Å²) in [6.45, 7) is 2.89. The van der Waals surface area contributed by atoms with E-state index in [1.807, 2.05) is 43.4 Å². The quantitative estimate of drug-likeness (QED) is 0.739. The van der Waals surface area contributed by atoms with Crippen molar-refractivity contribution in [3.8, 4) is 28.5 Å². The Morgan fingerprint density at radius 1 is 1.22 bits per heavy atom. The average Bonchev–Trinajstić information content (AvgIpc) is 3.23. The van der Waals surface area contributed by atoms with Crippen LogP contribution in [0.15, 0.2) is 59.4 Å². The summed E-state index contributed by atoms with van der Waals surface area (Å²) in [5.74, 6) is 1.85. The minimum atomic E-state index is 0.137. The van der Waals surface area contributed by atoms with Crippen LogP contribution in [0.1, 0.15) is 12.6 Å². The molecule has 7 nitrogen and oxygen atoms in total. The second kappa shape index (κ2) is 7.33. The lowest BCUT2D eigenvalue weighted by molar-refractivity contribution is 0.314. The molecule has 1 aliphatic heterocycles. The lowest BCUT2D eigenvalue weighted by Gasteiger charge is -2.17. The van der Waals surface area contributed by atoms with Crippen LogP contribution in [0.4, 0.5) is 5.95 Å². The highest BCUT2D eigenvalue weighted by Crippen LogP contribution is 2.38. The fraction of sp³-hybridized carbons (Fsp3) is 0.150. The molecule has 0 spiro atoms. The van der Waals surface area contributed by atoms with Crippen LogP contribution in [0.3, 0.4) is 0 Å². The molecule has 0 fully saturated rings. The molecule has 2 N–H and O–H groups in total. The molecule has 27 heavy (non-hydrogen) atoms. The van der Waals surface area contributed by atoms with Gasteiger partial charge in [0, 0.05) is 17.8 Å². The summed E-state index contributed by atoms with van der Waals surface area (Å²) in [5, 5.41) is 0. The third-order valence-electron chi connectivity index (χ3n) is 3.95. The Hall–Kier alpha value is -3.61. The van der Waals surface area contributed by atoms with Crippen molar-refractivity contribution in [3.63, 3.8) is 0 Å². The molecule has 0 bridgehead atoms. The molecule has 3 aromatic heterocycles. The number of nitrogens with two attached hydrogens (primary N) is 1. The predicted molar refractivity (Wildman–Crippen MR) is 102 cm³/mol. The molecule has 0 radical (unpaired) electrons. The van der Waals surface area contributed by atoms with E-state index in [-0.39, 0.29) is 5.95 Å². The number of nitrogens with zero attached hydrogens (tertiary/aromatic N) is 3. The number of furan rings is 1. The number of aromatic nitrogens is 3. The molecule has 0 aliphatic carbocycles. The van der Waals surface area contributed by atoms with Crippen molar-refractivity contribution in [1.82, 2.24) is 15.0 Å². The molecular formula is C20H18N4O3. The number of hydrogen-bond acceptors (Lipinski definition) is 7. The van der Waals surface area contributed by atoms with E-state index < -0.39 is 0 Å². The van der Waals surface area contributed by atoms with Crippen LogP contribution < -0.4 is 10.5 Å². The van der Waals surface area contributed by atoms with E-state index in [0.29, 0.717) is 42.0 Å². The van der Waals surface area contributed by atoms with Gasteiger partial charge in [-0.15, -0.1) is 0 Å². The zero-order chi connectivity index (χ0) is 18.6. The fourth-order valence-electron chi connectivity index (χ4n) is 2.86. The molecule has 4 heterocycles. The van der Waals surface area contributed by atoms with Crippen LogP contribution in [0.2, 0.25) is 0 Å². The number of nitrogen functional groups attached to an aromatic ring is 1. The van der Waals surface area contributed by atoms with Gasteiger partial charge >= 0.3 is 0 Å². The molecule has 7 heteroatoms. The first kappa shape index (κ1) is 16.8. The van der Waals surface area contributed by atoms with Crippen LogP contribution in [-0.2, 0) is 4.74 Å².